The van der Waals surface area contributed by atoms with Crippen molar-refractivity contribution in [1.29, 1.82) is 0 Å². The van der Waals surface area contributed by atoms with E-state index in [1.54, 1.807) is 6.07 Å². The van der Waals surface area contributed by atoms with E-state index in [9.17, 15) is 4.79 Å². The van der Waals surface area contributed by atoms with E-state index in [0.717, 1.165) is 18.4 Å². The normalized spacial score (nSPS) is 9.00. The van der Waals surface area contributed by atoms with Crippen LogP contribution in [0.1, 0.15) is 18.9 Å². The van der Waals surface area contributed by atoms with E-state index in [1.165, 1.54) is 12.1 Å². The average molecular weight is 230 g/mol. The quantitative estimate of drug-likeness (QED) is 0.784. The van der Waals surface area contributed by atoms with Crippen LogP contribution in [0.25, 0.3) is 0 Å². The molecule has 0 aromatic heterocycles. The fourth-order valence-electron chi connectivity index (χ4n) is 1.08. The van der Waals surface area contributed by atoms with Crippen LogP contribution in [0.15, 0.2) is 29.1 Å². The largest absolute Gasteiger partial charge is 0.504 e. The Hall–Kier alpha value is -0.687. The van der Waals surface area contributed by atoms with Crippen molar-refractivity contribution in [2.24, 2.45) is 0 Å². The van der Waals surface area contributed by atoms with Crippen LogP contribution in [0, 0.1) is 0 Å². The summed E-state index contributed by atoms with van der Waals surface area (Å²) in [7, 11) is 0. The van der Waals surface area contributed by atoms with Gasteiger partial charge in [0.25, 0.3) is 0 Å². The third kappa shape index (κ3) is 3.69. The standard InChI is InChI=1S/C10H12O2.Zn/c1-2-4-8-5-3-6-9(11)10(12)7-8;/h3,5-7H,2,4H2,1H3,(H,11,12);. The molecule has 0 aliphatic heterocycles. The Kier molecular flexibility index (Phi) is 5.56. The molecule has 0 unspecified atom stereocenters. The Morgan fingerprint density at radius 2 is 2.08 bits per heavy atom. The number of hydrogen-bond acceptors (Lipinski definition) is 2. The number of aryl methyl sites for hydroxylation is 1. The molecule has 2 nitrogen and oxygen atoms in total. The molecule has 0 atom stereocenters. The zero-order valence-corrected chi connectivity index (χ0v) is 10.8. The summed E-state index contributed by atoms with van der Waals surface area (Å²) in [5.41, 5.74) is 0.672. The number of aromatic hydroxyl groups is 1. The molecule has 0 spiro atoms. The Morgan fingerprint density at radius 1 is 1.38 bits per heavy atom. The number of hydrogen-bond donors (Lipinski definition) is 1. The second-order valence-corrected chi connectivity index (χ2v) is 2.74. The summed E-state index contributed by atoms with van der Waals surface area (Å²) < 4.78 is 0. The van der Waals surface area contributed by atoms with Gasteiger partial charge in [-0.05, 0) is 24.1 Å². The molecule has 0 aliphatic rings. The molecule has 0 saturated heterocycles. The molecule has 13 heavy (non-hydrogen) atoms. The summed E-state index contributed by atoms with van der Waals surface area (Å²) in [6.45, 7) is 2.05. The molecule has 0 aliphatic carbocycles. The predicted molar refractivity (Wildman–Crippen MR) is 48.4 cm³/mol. The fraction of sp³-hybridized carbons (Fsp3) is 0.300. The summed E-state index contributed by atoms with van der Waals surface area (Å²) in [5.74, 6) is -0.183. The van der Waals surface area contributed by atoms with E-state index in [-0.39, 0.29) is 30.7 Å². The molecular formula is C10H12O2Zn. The molecule has 0 amide bonds. The van der Waals surface area contributed by atoms with E-state index in [0.29, 0.717) is 0 Å². The maximum absolute atomic E-state index is 11.1. The van der Waals surface area contributed by atoms with E-state index < -0.39 is 0 Å². The Labute approximate surface area is 90.4 Å². The first kappa shape index (κ1) is 12.3. The Bertz CT molecular complexity index is 323. The van der Waals surface area contributed by atoms with Crippen LogP contribution in [-0.2, 0) is 25.9 Å². The van der Waals surface area contributed by atoms with E-state index in [2.05, 4.69) is 6.92 Å². The average Bonchev–Trinajstić information content (AvgIpc) is 2.16. The van der Waals surface area contributed by atoms with Crippen molar-refractivity contribution >= 4 is 0 Å². The van der Waals surface area contributed by atoms with Gasteiger partial charge in [-0.15, -0.1) is 0 Å². The van der Waals surface area contributed by atoms with Crippen LogP contribution in [0.5, 0.6) is 5.75 Å². The summed E-state index contributed by atoms with van der Waals surface area (Å²) in [6.07, 6.45) is 1.88. The first-order valence-electron chi connectivity index (χ1n) is 4.06. The van der Waals surface area contributed by atoms with Gasteiger partial charge in [-0.1, -0.05) is 25.5 Å². The van der Waals surface area contributed by atoms with E-state index >= 15 is 0 Å². The van der Waals surface area contributed by atoms with E-state index in [1.807, 2.05) is 6.07 Å². The minimum absolute atomic E-state index is 0. The monoisotopic (exact) mass is 228 g/mol. The fourth-order valence-corrected chi connectivity index (χ4v) is 1.08. The Morgan fingerprint density at radius 3 is 2.69 bits per heavy atom. The summed E-state index contributed by atoms with van der Waals surface area (Å²) >= 11 is 0. The van der Waals surface area contributed by atoms with Gasteiger partial charge in [-0.25, -0.2) is 0 Å². The molecule has 0 heterocycles. The summed E-state index contributed by atoms with van der Waals surface area (Å²) in [4.78, 5) is 11.1. The molecule has 0 radical (unpaired) electrons. The molecule has 1 aromatic rings. The van der Waals surface area contributed by atoms with Crippen LogP contribution in [0.4, 0.5) is 0 Å². The van der Waals surface area contributed by atoms with Crippen molar-refractivity contribution in [3.05, 3.63) is 40.1 Å². The molecule has 1 N–H and O–H groups in total. The summed E-state index contributed by atoms with van der Waals surface area (Å²) in [5, 5.41) is 9.06. The topological polar surface area (TPSA) is 37.3 Å². The van der Waals surface area contributed by atoms with Crippen LogP contribution >= 0.6 is 0 Å². The van der Waals surface area contributed by atoms with Gasteiger partial charge in [-0.3, -0.25) is 4.79 Å². The molecule has 0 fully saturated rings. The number of rotatable bonds is 2. The second kappa shape index (κ2) is 5.87. The second-order valence-electron chi connectivity index (χ2n) is 2.74. The third-order valence-corrected chi connectivity index (χ3v) is 1.67. The van der Waals surface area contributed by atoms with Crippen LogP contribution < -0.4 is 5.43 Å². The maximum atomic E-state index is 11.1. The summed E-state index contributed by atoms with van der Waals surface area (Å²) in [6, 6.07) is 6.45. The van der Waals surface area contributed by atoms with Gasteiger partial charge in [0, 0.05) is 19.5 Å². The molecule has 1 aromatic carbocycles. The third-order valence-electron chi connectivity index (χ3n) is 1.67. The van der Waals surface area contributed by atoms with Crippen LogP contribution in [0.2, 0.25) is 0 Å². The van der Waals surface area contributed by atoms with Gasteiger partial charge in [0.1, 0.15) is 0 Å². The van der Waals surface area contributed by atoms with Crippen LogP contribution in [-0.4, -0.2) is 5.11 Å². The van der Waals surface area contributed by atoms with Crippen molar-refractivity contribution in [2.45, 2.75) is 19.8 Å². The van der Waals surface area contributed by atoms with Crippen molar-refractivity contribution in [1.82, 2.24) is 0 Å². The predicted octanol–water partition coefficient (Wildman–Crippen LogP) is 1.70. The molecule has 0 bridgehead atoms. The SMILES string of the molecule is CCCc1cccc(O)c(=O)c1.[Zn]. The van der Waals surface area contributed by atoms with Crippen molar-refractivity contribution < 1.29 is 24.6 Å². The van der Waals surface area contributed by atoms with Gasteiger partial charge in [0.2, 0.25) is 5.43 Å². The van der Waals surface area contributed by atoms with Gasteiger partial charge in [0.15, 0.2) is 5.75 Å². The van der Waals surface area contributed by atoms with Gasteiger partial charge < -0.3 is 5.11 Å². The van der Waals surface area contributed by atoms with E-state index in [4.69, 9.17) is 5.11 Å². The first-order valence-corrected chi connectivity index (χ1v) is 4.06. The van der Waals surface area contributed by atoms with Gasteiger partial charge in [-0.2, -0.15) is 0 Å². The molecule has 1 rings (SSSR count). The Balaban J connectivity index is 0.00000144. The zero-order chi connectivity index (χ0) is 8.97. The van der Waals surface area contributed by atoms with Crippen LogP contribution in [0.3, 0.4) is 0 Å². The van der Waals surface area contributed by atoms with Gasteiger partial charge >= 0.3 is 0 Å². The zero-order valence-electron chi connectivity index (χ0n) is 7.79. The maximum Gasteiger partial charge on any atom is 0.220 e. The first-order chi connectivity index (χ1) is 5.74. The minimum atomic E-state index is -0.302. The van der Waals surface area contributed by atoms with Crippen molar-refractivity contribution in [3.63, 3.8) is 0 Å². The minimum Gasteiger partial charge on any atom is -0.504 e. The molecular weight excluding hydrogens is 217 g/mol. The molecule has 66 valence electrons. The van der Waals surface area contributed by atoms with Crippen molar-refractivity contribution in [2.75, 3.05) is 0 Å². The van der Waals surface area contributed by atoms with Crippen molar-refractivity contribution in [3.8, 4) is 5.75 Å². The smallest absolute Gasteiger partial charge is 0.220 e. The van der Waals surface area contributed by atoms with Gasteiger partial charge in [0.05, 0.1) is 0 Å². The molecule has 3 heteroatoms. The molecule has 0 saturated carbocycles.